The van der Waals surface area contributed by atoms with Gasteiger partial charge in [0.05, 0.1) is 0 Å². The predicted molar refractivity (Wildman–Crippen MR) is 70.7 cm³/mol. The van der Waals surface area contributed by atoms with Crippen molar-refractivity contribution in [2.75, 3.05) is 5.75 Å². The van der Waals surface area contributed by atoms with Gasteiger partial charge in [-0.2, -0.15) is 12.6 Å². The number of hydrogen-bond donors (Lipinski definition) is 1. The maximum atomic E-state index is 10.9. The molecule has 0 unspecified atom stereocenters. The summed E-state index contributed by atoms with van der Waals surface area (Å²) in [6, 6.07) is 0. The molecule has 0 radical (unpaired) electrons. The van der Waals surface area contributed by atoms with E-state index in [0.717, 1.165) is 12.8 Å². The molecule has 2 heteroatoms. The molecule has 0 bridgehead atoms. The zero-order chi connectivity index (χ0) is 11.4. The highest BCUT2D eigenvalue weighted by molar-refractivity contribution is 7.81. The van der Waals surface area contributed by atoms with Gasteiger partial charge < -0.3 is 0 Å². The van der Waals surface area contributed by atoms with E-state index in [4.69, 9.17) is 0 Å². The van der Waals surface area contributed by atoms with Crippen LogP contribution in [0.3, 0.4) is 0 Å². The number of carbonyl (C=O) groups is 1. The molecule has 0 aromatic heterocycles. The molecule has 0 atom stereocenters. The first-order valence-corrected chi connectivity index (χ1v) is 7.07. The van der Waals surface area contributed by atoms with Crippen molar-refractivity contribution in [3.63, 3.8) is 0 Å². The van der Waals surface area contributed by atoms with E-state index in [2.05, 4.69) is 19.6 Å². The minimum absolute atomic E-state index is 0.293. The van der Waals surface area contributed by atoms with Crippen molar-refractivity contribution >= 4 is 18.4 Å². The molecule has 0 fully saturated rings. The molecule has 0 saturated carbocycles. The molecule has 0 rings (SSSR count). The predicted octanol–water partition coefficient (Wildman–Crippen LogP) is 4.41. The summed E-state index contributed by atoms with van der Waals surface area (Å²) in [4.78, 5) is 10.9. The smallest absolute Gasteiger partial charge is 0.142 e. The highest BCUT2D eigenvalue weighted by Gasteiger charge is 1.97. The normalized spacial score (nSPS) is 10.5. The molecular weight excluding hydrogens is 204 g/mol. The van der Waals surface area contributed by atoms with Gasteiger partial charge in [0.25, 0.3) is 0 Å². The van der Waals surface area contributed by atoms with Crippen LogP contribution >= 0.6 is 12.6 Å². The molecule has 90 valence electrons. The first kappa shape index (κ1) is 15.0. The third-order valence-corrected chi connectivity index (χ3v) is 3.09. The average Bonchev–Trinajstić information content (AvgIpc) is 2.26. The fraction of sp³-hybridized carbons (Fsp3) is 0.923. The molecule has 0 saturated heterocycles. The maximum absolute atomic E-state index is 10.9. The monoisotopic (exact) mass is 230 g/mol. The fourth-order valence-corrected chi connectivity index (χ4v) is 1.87. The molecule has 0 aliphatic rings. The Morgan fingerprint density at radius 1 is 0.867 bits per heavy atom. The van der Waals surface area contributed by atoms with Gasteiger partial charge in [-0.3, -0.25) is 4.79 Å². The van der Waals surface area contributed by atoms with Crippen molar-refractivity contribution < 1.29 is 4.79 Å². The van der Waals surface area contributed by atoms with Crippen LogP contribution in [0.15, 0.2) is 0 Å². The van der Waals surface area contributed by atoms with Gasteiger partial charge in [-0.15, -0.1) is 0 Å². The third kappa shape index (κ3) is 11.9. The second-order valence-electron chi connectivity index (χ2n) is 4.28. The van der Waals surface area contributed by atoms with E-state index in [1.807, 2.05) is 0 Å². The number of ketones is 1. The van der Waals surface area contributed by atoms with Gasteiger partial charge in [0.2, 0.25) is 0 Å². The van der Waals surface area contributed by atoms with E-state index >= 15 is 0 Å². The number of thiol groups is 1. The molecule has 0 spiro atoms. The number of Topliss-reactive ketones (excluding diaryl/α,β-unsaturated/α-hetero) is 1. The zero-order valence-electron chi connectivity index (χ0n) is 10.1. The SMILES string of the molecule is CCCCCCCCCCCC(=O)CS. The fourth-order valence-electron chi connectivity index (χ4n) is 1.71. The Balaban J connectivity index is 2.95. The van der Waals surface area contributed by atoms with E-state index in [9.17, 15) is 4.79 Å². The lowest BCUT2D eigenvalue weighted by atomic mass is 10.1. The van der Waals surface area contributed by atoms with Gasteiger partial charge >= 0.3 is 0 Å². The van der Waals surface area contributed by atoms with Crippen molar-refractivity contribution in [2.45, 2.75) is 71.1 Å². The minimum Gasteiger partial charge on any atom is -0.299 e. The van der Waals surface area contributed by atoms with Crippen molar-refractivity contribution in [3.05, 3.63) is 0 Å². The van der Waals surface area contributed by atoms with E-state index in [0.29, 0.717) is 11.5 Å². The van der Waals surface area contributed by atoms with E-state index in [1.54, 1.807) is 0 Å². The Morgan fingerprint density at radius 3 is 1.80 bits per heavy atom. The van der Waals surface area contributed by atoms with Gasteiger partial charge in [-0.05, 0) is 6.42 Å². The summed E-state index contributed by atoms with van der Waals surface area (Å²) in [6.45, 7) is 2.25. The number of unbranched alkanes of at least 4 members (excludes halogenated alkanes) is 8. The van der Waals surface area contributed by atoms with Crippen LogP contribution in [0.25, 0.3) is 0 Å². The first-order valence-electron chi connectivity index (χ1n) is 6.43. The molecule has 0 heterocycles. The number of hydrogen-bond acceptors (Lipinski definition) is 2. The summed E-state index contributed by atoms with van der Waals surface area (Å²) < 4.78 is 0. The number of rotatable bonds is 11. The molecular formula is C13H26OS. The summed E-state index contributed by atoms with van der Waals surface area (Å²) in [5, 5.41) is 0. The van der Waals surface area contributed by atoms with Gasteiger partial charge in [-0.25, -0.2) is 0 Å². The van der Waals surface area contributed by atoms with Crippen molar-refractivity contribution in [1.29, 1.82) is 0 Å². The highest BCUT2D eigenvalue weighted by atomic mass is 32.1. The second-order valence-corrected chi connectivity index (χ2v) is 4.59. The molecule has 0 N–H and O–H groups in total. The van der Waals surface area contributed by atoms with Gasteiger partial charge in [0.1, 0.15) is 5.78 Å². The van der Waals surface area contributed by atoms with Crippen LogP contribution in [0.1, 0.15) is 71.1 Å². The Morgan fingerprint density at radius 2 is 1.33 bits per heavy atom. The van der Waals surface area contributed by atoms with Crippen LogP contribution in [-0.4, -0.2) is 11.5 Å². The topological polar surface area (TPSA) is 17.1 Å². The van der Waals surface area contributed by atoms with E-state index < -0.39 is 0 Å². The van der Waals surface area contributed by atoms with Crippen LogP contribution in [-0.2, 0) is 4.79 Å². The Bertz CT molecular complexity index is 145. The van der Waals surface area contributed by atoms with Crippen LogP contribution < -0.4 is 0 Å². The maximum Gasteiger partial charge on any atom is 0.142 e. The second kappa shape index (κ2) is 12.1. The Labute approximate surface area is 100 Å². The quantitative estimate of drug-likeness (QED) is 0.411. The molecule has 0 aliphatic carbocycles. The largest absolute Gasteiger partial charge is 0.299 e. The van der Waals surface area contributed by atoms with E-state index in [1.165, 1.54) is 51.4 Å². The molecule has 0 aromatic rings. The standard InChI is InChI=1S/C13H26OS/c1-2-3-4-5-6-7-8-9-10-11-13(14)12-15/h15H,2-12H2,1H3. The zero-order valence-corrected chi connectivity index (χ0v) is 11.0. The lowest BCUT2D eigenvalue weighted by Crippen LogP contribution is -1.98. The summed E-state index contributed by atoms with van der Waals surface area (Å²) in [7, 11) is 0. The molecule has 0 amide bonds. The number of carbonyl (C=O) groups excluding carboxylic acids is 1. The summed E-state index contributed by atoms with van der Waals surface area (Å²) in [5.74, 6) is 0.707. The summed E-state index contributed by atoms with van der Waals surface area (Å²) in [5.41, 5.74) is 0. The Hall–Kier alpha value is 0.0200. The van der Waals surface area contributed by atoms with Gasteiger partial charge in [0.15, 0.2) is 0 Å². The first-order chi connectivity index (χ1) is 7.31. The van der Waals surface area contributed by atoms with Gasteiger partial charge in [0, 0.05) is 12.2 Å². The van der Waals surface area contributed by atoms with Crippen LogP contribution in [0.2, 0.25) is 0 Å². The molecule has 1 nitrogen and oxygen atoms in total. The average molecular weight is 230 g/mol. The van der Waals surface area contributed by atoms with Crippen molar-refractivity contribution in [2.24, 2.45) is 0 Å². The lowest BCUT2D eigenvalue weighted by Gasteiger charge is -2.01. The van der Waals surface area contributed by atoms with Gasteiger partial charge in [-0.1, -0.05) is 58.3 Å². The van der Waals surface area contributed by atoms with Crippen LogP contribution in [0, 0.1) is 0 Å². The molecule has 0 aromatic carbocycles. The van der Waals surface area contributed by atoms with Crippen LogP contribution in [0.4, 0.5) is 0 Å². The van der Waals surface area contributed by atoms with Crippen LogP contribution in [0.5, 0.6) is 0 Å². The summed E-state index contributed by atoms with van der Waals surface area (Å²) in [6.07, 6.45) is 12.5. The van der Waals surface area contributed by atoms with Crippen molar-refractivity contribution in [3.8, 4) is 0 Å². The lowest BCUT2D eigenvalue weighted by molar-refractivity contribution is -0.116. The highest BCUT2D eigenvalue weighted by Crippen LogP contribution is 2.10. The molecule has 0 aliphatic heterocycles. The minimum atomic E-state index is 0.293. The third-order valence-electron chi connectivity index (χ3n) is 2.74. The molecule has 15 heavy (non-hydrogen) atoms. The summed E-state index contributed by atoms with van der Waals surface area (Å²) >= 11 is 3.96. The Kier molecular flexibility index (Phi) is 12.1. The van der Waals surface area contributed by atoms with E-state index in [-0.39, 0.29) is 0 Å². The van der Waals surface area contributed by atoms with Crippen molar-refractivity contribution in [1.82, 2.24) is 0 Å².